The molecule has 0 saturated heterocycles. The van der Waals surface area contributed by atoms with Gasteiger partial charge in [-0.05, 0) is 49.6 Å². The Hall–Kier alpha value is -1.91. The number of rotatable bonds is 6. The largest absolute Gasteiger partial charge is 0.487 e. The number of benzene rings is 1. The summed E-state index contributed by atoms with van der Waals surface area (Å²) in [5, 5.41) is 13.7. The van der Waals surface area contributed by atoms with E-state index in [1.807, 2.05) is 30.3 Å². The summed E-state index contributed by atoms with van der Waals surface area (Å²) in [5.41, 5.74) is 2.09. The zero-order chi connectivity index (χ0) is 16.8. The van der Waals surface area contributed by atoms with Crippen LogP contribution >= 0.6 is 0 Å². The summed E-state index contributed by atoms with van der Waals surface area (Å²) in [6.07, 6.45) is 5.80. The van der Waals surface area contributed by atoms with Crippen molar-refractivity contribution < 1.29 is 9.84 Å². The quantitative estimate of drug-likeness (QED) is 0.851. The van der Waals surface area contributed by atoms with Crippen LogP contribution in [0.1, 0.15) is 49.9 Å². The molecular weight excluding hydrogens is 300 g/mol. The molecule has 0 amide bonds. The van der Waals surface area contributed by atoms with Crippen LogP contribution in [-0.2, 0) is 6.61 Å². The highest BCUT2D eigenvalue weighted by Gasteiger charge is 2.24. The van der Waals surface area contributed by atoms with E-state index in [1.54, 1.807) is 6.20 Å². The van der Waals surface area contributed by atoms with Gasteiger partial charge in [-0.2, -0.15) is 0 Å². The maximum atomic E-state index is 10.1. The Bertz CT molecular complexity index is 633. The molecule has 128 valence electrons. The summed E-state index contributed by atoms with van der Waals surface area (Å²) in [6.45, 7) is 2.60. The van der Waals surface area contributed by atoms with Crippen LogP contribution < -0.4 is 10.1 Å². The fraction of sp³-hybridized carbons (Fsp3) is 0.450. The second-order valence-corrected chi connectivity index (χ2v) is 6.53. The third kappa shape index (κ3) is 4.56. The van der Waals surface area contributed by atoms with E-state index < -0.39 is 0 Å². The minimum atomic E-state index is -0.232. The molecule has 0 aliphatic heterocycles. The number of aromatic nitrogens is 1. The van der Waals surface area contributed by atoms with Crippen LogP contribution in [0, 0.1) is 0 Å². The van der Waals surface area contributed by atoms with Crippen molar-refractivity contribution in [3.63, 3.8) is 0 Å². The highest BCUT2D eigenvalue weighted by molar-refractivity contribution is 5.30. The highest BCUT2D eigenvalue weighted by Crippen LogP contribution is 2.24. The van der Waals surface area contributed by atoms with Gasteiger partial charge in [-0.3, -0.25) is 4.98 Å². The minimum absolute atomic E-state index is 0.182. The van der Waals surface area contributed by atoms with Crippen LogP contribution in [0.2, 0.25) is 0 Å². The third-order valence-corrected chi connectivity index (χ3v) is 4.66. The zero-order valence-corrected chi connectivity index (χ0v) is 14.2. The first-order valence-corrected chi connectivity index (χ1v) is 8.79. The minimum Gasteiger partial charge on any atom is -0.487 e. The van der Waals surface area contributed by atoms with E-state index in [2.05, 4.69) is 29.4 Å². The number of hydrogen-bond acceptors (Lipinski definition) is 4. The topological polar surface area (TPSA) is 54.4 Å². The summed E-state index contributed by atoms with van der Waals surface area (Å²) in [4.78, 5) is 4.27. The Morgan fingerprint density at radius 2 is 2.08 bits per heavy atom. The van der Waals surface area contributed by atoms with Crippen molar-refractivity contribution in [3.05, 3.63) is 59.9 Å². The molecule has 1 aliphatic rings. The SMILES string of the molecule is CC(NC1CCCCC1O)c1cccc(OCc2ccccn2)c1. The number of nitrogens with zero attached hydrogens (tertiary/aromatic N) is 1. The molecule has 0 bridgehead atoms. The van der Waals surface area contributed by atoms with Gasteiger partial charge in [0.2, 0.25) is 0 Å². The molecule has 2 N–H and O–H groups in total. The van der Waals surface area contributed by atoms with Gasteiger partial charge in [0, 0.05) is 18.3 Å². The molecule has 3 unspecified atom stereocenters. The van der Waals surface area contributed by atoms with E-state index in [0.29, 0.717) is 6.61 Å². The lowest BCUT2D eigenvalue weighted by molar-refractivity contribution is 0.0859. The van der Waals surface area contributed by atoms with Gasteiger partial charge in [0.15, 0.2) is 0 Å². The van der Waals surface area contributed by atoms with Gasteiger partial charge in [0.05, 0.1) is 11.8 Å². The molecule has 1 fully saturated rings. The summed E-state index contributed by atoms with van der Waals surface area (Å²) in [7, 11) is 0. The number of aliphatic hydroxyl groups excluding tert-OH is 1. The van der Waals surface area contributed by atoms with Gasteiger partial charge in [0.25, 0.3) is 0 Å². The fourth-order valence-electron chi connectivity index (χ4n) is 3.24. The Morgan fingerprint density at radius 1 is 1.21 bits per heavy atom. The van der Waals surface area contributed by atoms with Gasteiger partial charge in [0.1, 0.15) is 12.4 Å². The molecule has 4 heteroatoms. The van der Waals surface area contributed by atoms with Gasteiger partial charge in [-0.15, -0.1) is 0 Å². The van der Waals surface area contributed by atoms with E-state index in [4.69, 9.17) is 4.74 Å². The van der Waals surface area contributed by atoms with Gasteiger partial charge in [-0.1, -0.05) is 31.0 Å². The number of hydrogen-bond donors (Lipinski definition) is 2. The van der Waals surface area contributed by atoms with Gasteiger partial charge < -0.3 is 15.2 Å². The Labute approximate surface area is 143 Å². The molecule has 3 rings (SSSR count). The first kappa shape index (κ1) is 16.9. The Kier molecular flexibility index (Phi) is 5.83. The second kappa shape index (κ2) is 8.27. The van der Waals surface area contributed by atoms with Crippen LogP contribution in [0.15, 0.2) is 48.7 Å². The molecule has 0 radical (unpaired) electrons. The molecule has 1 aliphatic carbocycles. The number of ether oxygens (including phenoxy) is 1. The molecular formula is C20H26N2O2. The molecule has 2 aromatic rings. The van der Waals surface area contributed by atoms with E-state index in [9.17, 15) is 5.11 Å². The predicted molar refractivity (Wildman–Crippen MR) is 94.8 cm³/mol. The standard InChI is InChI=1S/C20H26N2O2/c1-15(22-19-10-2-3-11-20(19)23)16-7-6-9-18(13-16)24-14-17-8-4-5-12-21-17/h4-9,12-13,15,19-20,22-23H,2-3,10-11,14H2,1H3. The normalized spacial score (nSPS) is 22.1. The van der Waals surface area contributed by atoms with E-state index >= 15 is 0 Å². The molecule has 24 heavy (non-hydrogen) atoms. The Balaban J connectivity index is 1.59. The number of nitrogens with one attached hydrogen (secondary N) is 1. The number of aliphatic hydroxyl groups is 1. The third-order valence-electron chi connectivity index (χ3n) is 4.66. The number of pyridine rings is 1. The molecule has 1 saturated carbocycles. The van der Waals surface area contributed by atoms with Crippen molar-refractivity contribution >= 4 is 0 Å². The lowest BCUT2D eigenvalue weighted by atomic mass is 9.91. The van der Waals surface area contributed by atoms with Crippen LogP contribution in [0.3, 0.4) is 0 Å². The Morgan fingerprint density at radius 3 is 2.88 bits per heavy atom. The van der Waals surface area contributed by atoms with Crippen LogP contribution in [0.25, 0.3) is 0 Å². The molecule has 1 aromatic heterocycles. The van der Waals surface area contributed by atoms with Gasteiger partial charge >= 0.3 is 0 Å². The van der Waals surface area contributed by atoms with Crippen molar-refractivity contribution in [1.82, 2.24) is 10.3 Å². The van der Waals surface area contributed by atoms with E-state index in [-0.39, 0.29) is 18.2 Å². The van der Waals surface area contributed by atoms with Crippen LogP contribution in [0.5, 0.6) is 5.75 Å². The zero-order valence-electron chi connectivity index (χ0n) is 14.2. The molecule has 4 nitrogen and oxygen atoms in total. The highest BCUT2D eigenvalue weighted by atomic mass is 16.5. The first-order chi connectivity index (χ1) is 11.7. The van der Waals surface area contributed by atoms with Gasteiger partial charge in [-0.25, -0.2) is 0 Å². The van der Waals surface area contributed by atoms with E-state index in [1.165, 1.54) is 12.0 Å². The molecule has 1 aromatic carbocycles. The van der Waals surface area contributed by atoms with E-state index in [0.717, 1.165) is 30.7 Å². The maximum Gasteiger partial charge on any atom is 0.130 e. The maximum absolute atomic E-state index is 10.1. The monoisotopic (exact) mass is 326 g/mol. The molecule has 0 spiro atoms. The average Bonchev–Trinajstić information content (AvgIpc) is 2.63. The average molecular weight is 326 g/mol. The summed E-state index contributed by atoms with van der Waals surface area (Å²) < 4.78 is 5.85. The van der Waals surface area contributed by atoms with Crippen LogP contribution in [-0.4, -0.2) is 22.2 Å². The predicted octanol–water partition coefficient (Wildman–Crippen LogP) is 3.61. The van der Waals surface area contributed by atoms with Crippen molar-refractivity contribution in [3.8, 4) is 5.75 Å². The summed E-state index contributed by atoms with van der Waals surface area (Å²) >= 11 is 0. The van der Waals surface area contributed by atoms with Crippen molar-refractivity contribution in [2.24, 2.45) is 0 Å². The lowest BCUT2D eigenvalue weighted by Gasteiger charge is -2.31. The van der Waals surface area contributed by atoms with Crippen LogP contribution in [0.4, 0.5) is 0 Å². The molecule has 1 heterocycles. The van der Waals surface area contributed by atoms with Crippen molar-refractivity contribution in [1.29, 1.82) is 0 Å². The first-order valence-electron chi connectivity index (χ1n) is 8.79. The summed E-state index contributed by atoms with van der Waals surface area (Å²) in [6, 6.07) is 14.3. The lowest BCUT2D eigenvalue weighted by Crippen LogP contribution is -2.43. The van der Waals surface area contributed by atoms with Crippen molar-refractivity contribution in [2.75, 3.05) is 0 Å². The molecule has 3 atom stereocenters. The smallest absolute Gasteiger partial charge is 0.130 e. The summed E-state index contributed by atoms with van der Waals surface area (Å²) in [5.74, 6) is 0.844. The fourth-order valence-corrected chi connectivity index (χ4v) is 3.24. The second-order valence-electron chi connectivity index (χ2n) is 6.53. The van der Waals surface area contributed by atoms with Crippen molar-refractivity contribution in [2.45, 2.75) is 57.4 Å².